The molecule has 0 atom stereocenters. The maximum absolute atomic E-state index is 12.9. The Kier molecular flexibility index (Phi) is 8.61. The average Bonchev–Trinajstić information content (AvgIpc) is 3.10. The topological polar surface area (TPSA) is 97.0 Å². The van der Waals surface area contributed by atoms with Gasteiger partial charge in [0.1, 0.15) is 10.1 Å². The number of thiocarbonyl (C=S) groups is 1. The molecule has 1 aliphatic rings. The van der Waals surface area contributed by atoms with Crippen LogP contribution in [0.3, 0.4) is 0 Å². The Morgan fingerprint density at radius 3 is 2.47 bits per heavy atom. The van der Waals surface area contributed by atoms with E-state index >= 15 is 0 Å². The number of thioether (sulfide) groups is 1. The molecule has 2 N–H and O–H groups in total. The number of amides is 3. The summed E-state index contributed by atoms with van der Waals surface area (Å²) in [6, 6.07) is 10.2. The van der Waals surface area contributed by atoms with Gasteiger partial charge >= 0.3 is 0 Å². The Balaban J connectivity index is 1.49. The third-order valence-electron chi connectivity index (χ3n) is 4.79. The molecule has 178 valence electrons. The van der Waals surface area contributed by atoms with E-state index in [-0.39, 0.29) is 24.4 Å². The molecule has 8 nitrogen and oxygen atoms in total. The molecule has 3 rings (SSSR count). The van der Waals surface area contributed by atoms with Crippen LogP contribution in [0.2, 0.25) is 0 Å². The van der Waals surface area contributed by atoms with E-state index < -0.39 is 17.6 Å². The van der Waals surface area contributed by atoms with Gasteiger partial charge in [-0.2, -0.15) is 0 Å². The smallest absolute Gasteiger partial charge is 0.269 e. The second kappa shape index (κ2) is 11.6. The molecular formula is C23H22FN3O5S2. The number of nitrogens with zero attached hydrogens (tertiary/aromatic N) is 1. The summed E-state index contributed by atoms with van der Waals surface area (Å²) in [7, 11) is 3.08. The molecule has 0 aliphatic carbocycles. The zero-order valence-corrected chi connectivity index (χ0v) is 20.1. The number of halogens is 1. The van der Waals surface area contributed by atoms with Crippen molar-refractivity contribution in [2.75, 3.05) is 20.8 Å². The fourth-order valence-electron chi connectivity index (χ4n) is 3.05. The minimum atomic E-state index is -0.564. The largest absolute Gasteiger partial charge is 0.493 e. The summed E-state index contributed by atoms with van der Waals surface area (Å²) in [6.45, 7) is 0.257. The number of hydrogen-bond donors (Lipinski definition) is 2. The molecule has 1 fully saturated rings. The lowest BCUT2D eigenvalue weighted by Crippen LogP contribution is -2.41. The van der Waals surface area contributed by atoms with Crippen molar-refractivity contribution < 1.29 is 28.2 Å². The molecule has 0 saturated carbocycles. The summed E-state index contributed by atoms with van der Waals surface area (Å²) in [4.78, 5) is 38.7. The van der Waals surface area contributed by atoms with Gasteiger partial charge in [-0.1, -0.05) is 30.0 Å². The average molecular weight is 504 g/mol. The van der Waals surface area contributed by atoms with Crippen LogP contribution in [0.4, 0.5) is 4.39 Å². The van der Waals surface area contributed by atoms with Crippen LogP contribution in [0, 0.1) is 5.82 Å². The summed E-state index contributed by atoms with van der Waals surface area (Å²) >= 11 is 6.51. The van der Waals surface area contributed by atoms with Gasteiger partial charge in [0.25, 0.3) is 11.8 Å². The van der Waals surface area contributed by atoms with Crippen molar-refractivity contribution in [3.63, 3.8) is 0 Å². The molecule has 3 amide bonds. The highest BCUT2D eigenvalue weighted by molar-refractivity contribution is 8.26. The number of rotatable bonds is 8. The molecule has 34 heavy (non-hydrogen) atoms. The summed E-state index contributed by atoms with van der Waals surface area (Å²) in [6.07, 6.45) is 2.13. The second-order valence-corrected chi connectivity index (χ2v) is 8.74. The monoisotopic (exact) mass is 503 g/mol. The van der Waals surface area contributed by atoms with E-state index in [0.717, 1.165) is 17.7 Å². The normalized spacial score (nSPS) is 14.3. The fraction of sp³-hybridized carbons (Fsp3) is 0.217. The van der Waals surface area contributed by atoms with Crippen LogP contribution in [0.1, 0.15) is 28.8 Å². The van der Waals surface area contributed by atoms with Gasteiger partial charge in [-0.3, -0.25) is 30.1 Å². The van der Waals surface area contributed by atoms with Crippen LogP contribution < -0.4 is 20.3 Å². The van der Waals surface area contributed by atoms with Crippen LogP contribution >= 0.6 is 24.0 Å². The van der Waals surface area contributed by atoms with E-state index in [1.54, 1.807) is 31.4 Å². The lowest BCUT2D eigenvalue weighted by atomic mass is 10.2. The lowest BCUT2D eigenvalue weighted by Gasteiger charge is -2.14. The highest BCUT2D eigenvalue weighted by Crippen LogP contribution is 2.34. The van der Waals surface area contributed by atoms with E-state index in [2.05, 4.69) is 10.9 Å². The molecule has 0 bridgehead atoms. The third kappa shape index (κ3) is 6.33. The number of carbonyl (C=O) groups excluding carboxylic acids is 3. The molecular weight excluding hydrogens is 481 g/mol. The number of carbonyl (C=O) groups is 3. The van der Waals surface area contributed by atoms with Crippen LogP contribution in [-0.4, -0.2) is 47.7 Å². The maximum atomic E-state index is 12.9. The van der Waals surface area contributed by atoms with Crippen molar-refractivity contribution in [3.05, 3.63) is 64.3 Å². The number of hydrazine groups is 1. The summed E-state index contributed by atoms with van der Waals surface area (Å²) in [5.41, 5.74) is 5.53. The molecule has 1 aliphatic heterocycles. The Labute approximate surface area is 205 Å². The number of methoxy groups -OCH3 is 2. The highest BCUT2D eigenvalue weighted by Gasteiger charge is 2.31. The Bertz CT molecular complexity index is 1140. The predicted molar refractivity (Wildman–Crippen MR) is 131 cm³/mol. The first kappa shape index (κ1) is 25.2. The van der Waals surface area contributed by atoms with Crippen LogP contribution in [0.5, 0.6) is 11.5 Å². The van der Waals surface area contributed by atoms with E-state index in [4.69, 9.17) is 21.7 Å². The zero-order chi connectivity index (χ0) is 24.7. The van der Waals surface area contributed by atoms with Crippen molar-refractivity contribution in [2.45, 2.75) is 12.8 Å². The molecule has 11 heteroatoms. The lowest BCUT2D eigenvalue weighted by molar-refractivity contribution is -0.124. The molecule has 0 aromatic heterocycles. The van der Waals surface area contributed by atoms with Gasteiger partial charge in [0.05, 0.1) is 19.1 Å². The molecule has 1 heterocycles. The van der Waals surface area contributed by atoms with Crippen molar-refractivity contribution in [2.24, 2.45) is 0 Å². The van der Waals surface area contributed by atoms with E-state index in [1.165, 1.54) is 35.9 Å². The van der Waals surface area contributed by atoms with Crippen LogP contribution in [-0.2, 0) is 9.59 Å². The maximum Gasteiger partial charge on any atom is 0.269 e. The standard InChI is InChI=1S/C23H22FN3O5S2/c1-31-17-10-5-14(12-18(17)32-2)13-19-22(30)27(23(33)34-19)11-3-4-20(28)25-26-21(29)15-6-8-16(24)9-7-15/h5-10,12-13H,3-4,11H2,1-2H3,(H,25,28)(H,26,29)/b19-13-. The zero-order valence-electron chi connectivity index (χ0n) is 18.4. The molecule has 2 aromatic carbocycles. The van der Waals surface area contributed by atoms with E-state index in [9.17, 15) is 18.8 Å². The van der Waals surface area contributed by atoms with Crippen LogP contribution in [0.25, 0.3) is 6.08 Å². The van der Waals surface area contributed by atoms with Crippen molar-refractivity contribution >= 4 is 52.1 Å². The molecule has 0 spiro atoms. The minimum absolute atomic E-state index is 0.0650. The van der Waals surface area contributed by atoms with Crippen molar-refractivity contribution in [1.82, 2.24) is 15.8 Å². The SMILES string of the molecule is COc1ccc(/C=C2\SC(=S)N(CCCC(=O)NNC(=O)c3ccc(F)cc3)C2=O)cc1OC. The number of benzene rings is 2. The van der Waals surface area contributed by atoms with E-state index in [1.807, 2.05) is 0 Å². The first-order valence-electron chi connectivity index (χ1n) is 10.1. The summed E-state index contributed by atoms with van der Waals surface area (Å²) in [5, 5.41) is 0. The summed E-state index contributed by atoms with van der Waals surface area (Å²) < 4.78 is 23.8. The van der Waals surface area contributed by atoms with Gasteiger partial charge in [-0.05, 0) is 54.5 Å². The van der Waals surface area contributed by atoms with Crippen LogP contribution in [0.15, 0.2) is 47.4 Å². The molecule has 1 saturated heterocycles. The van der Waals surface area contributed by atoms with Gasteiger partial charge in [0.15, 0.2) is 11.5 Å². The van der Waals surface area contributed by atoms with Gasteiger partial charge < -0.3 is 9.47 Å². The first-order chi connectivity index (χ1) is 16.3. The Hall–Kier alpha value is -3.44. The van der Waals surface area contributed by atoms with E-state index in [0.29, 0.717) is 27.1 Å². The number of nitrogens with one attached hydrogen (secondary N) is 2. The first-order valence-corrected chi connectivity index (χ1v) is 11.4. The quantitative estimate of drug-likeness (QED) is 0.324. The molecule has 0 radical (unpaired) electrons. The van der Waals surface area contributed by atoms with Gasteiger partial charge in [-0.25, -0.2) is 4.39 Å². The van der Waals surface area contributed by atoms with Gasteiger partial charge in [0.2, 0.25) is 5.91 Å². The highest BCUT2D eigenvalue weighted by atomic mass is 32.2. The minimum Gasteiger partial charge on any atom is -0.493 e. The fourth-order valence-corrected chi connectivity index (χ4v) is 4.36. The van der Waals surface area contributed by atoms with Crippen molar-refractivity contribution in [3.8, 4) is 11.5 Å². The van der Waals surface area contributed by atoms with Gasteiger partial charge in [0, 0.05) is 18.5 Å². The Morgan fingerprint density at radius 1 is 1.09 bits per heavy atom. The second-order valence-electron chi connectivity index (χ2n) is 7.06. The third-order valence-corrected chi connectivity index (χ3v) is 6.16. The van der Waals surface area contributed by atoms with Crippen molar-refractivity contribution in [1.29, 1.82) is 0 Å². The molecule has 0 unspecified atom stereocenters. The van der Waals surface area contributed by atoms with Gasteiger partial charge in [-0.15, -0.1) is 0 Å². The predicted octanol–water partition coefficient (Wildman–Crippen LogP) is 3.29. The number of hydrogen-bond acceptors (Lipinski definition) is 7. The number of ether oxygens (including phenoxy) is 2. The molecule has 2 aromatic rings. The Morgan fingerprint density at radius 2 is 1.79 bits per heavy atom. The summed E-state index contributed by atoms with van der Waals surface area (Å²) in [5.74, 6) is -0.569.